The topological polar surface area (TPSA) is 139 Å². The molecule has 1 aliphatic heterocycles. The summed E-state index contributed by atoms with van der Waals surface area (Å²) in [6, 6.07) is 3.07. The van der Waals surface area contributed by atoms with Gasteiger partial charge < -0.3 is 30.1 Å². The zero-order chi connectivity index (χ0) is 30.1. The van der Waals surface area contributed by atoms with Gasteiger partial charge in [-0.2, -0.15) is 0 Å². The maximum atomic E-state index is 13.5. The molecule has 2 aliphatic rings. The first-order chi connectivity index (χ1) is 20.3. The molecule has 3 N–H and O–H groups in total. The van der Waals surface area contributed by atoms with Gasteiger partial charge in [0.1, 0.15) is 30.0 Å². The molecule has 0 bridgehead atoms. The van der Waals surface area contributed by atoms with Crippen molar-refractivity contribution in [3.8, 4) is 5.88 Å². The number of hydrogen-bond acceptors (Lipinski definition) is 9. The van der Waals surface area contributed by atoms with Crippen molar-refractivity contribution in [1.82, 2.24) is 25.2 Å². The van der Waals surface area contributed by atoms with Gasteiger partial charge in [0.25, 0.3) is 0 Å². The minimum atomic E-state index is -1.15. The Morgan fingerprint density at radius 1 is 1.24 bits per heavy atom. The number of aromatic nitrogens is 3. The van der Waals surface area contributed by atoms with Crippen molar-refractivity contribution in [1.29, 1.82) is 0 Å². The van der Waals surface area contributed by atoms with Crippen molar-refractivity contribution >= 4 is 29.3 Å². The largest absolute Gasteiger partial charge is 0.481 e. The van der Waals surface area contributed by atoms with Crippen molar-refractivity contribution in [2.24, 2.45) is 0 Å². The average Bonchev–Trinajstić information content (AvgIpc) is 3.80. The molecular formula is C29H40ClFN6O5. The van der Waals surface area contributed by atoms with Crippen LogP contribution in [0.1, 0.15) is 55.3 Å². The van der Waals surface area contributed by atoms with Crippen LogP contribution in [0.3, 0.4) is 0 Å². The van der Waals surface area contributed by atoms with Gasteiger partial charge in [-0.05, 0) is 69.5 Å². The minimum absolute atomic E-state index is 0.103. The lowest BCUT2D eigenvalue weighted by molar-refractivity contribution is -0.142. The zero-order valence-corrected chi connectivity index (χ0v) is 25.0. The van der Waals surface area contributed by atoms with Gasteiger partial charge in [0.2, 0.25) is 11.8 Å². The van der Waals surface area contributed by atoms with Crippen LogP contribution in [0.4, 0.5) is 10.2 Å². The SMILES string of the molecule is COc1ncnc(Cl)c1C1(C(=O)NC(CCN(CCCCc2ccc3c(n2)NCCC3)CC(CF)OC)C(=O)O)CC1. The molecule has 2 atom stereocenters. The average molecular weight is 607 g/mol. The smallest absolute Gasteiger partial charge is 0.326 e. The Balaban J connectivity index is 1.34. The number of anilines is 1. The lowest BCUT2D eigenvalue weighted by Crippen LogP contribution is -2.48. The number of pyridine rings is 1. The fraction of sp³-hybridized carbons (Fsp3) is 0.621. The van der Waals surface area contributed by atoms with Gasteiger partial charge >= 0.3 is 5.97 Å². The summed E-state index contributed by atoms with van der Waals surface area (Å²) in [7, 11) is 2.89. The first-order valence-corrected chi connectivity index (χ1v) is 14.8. The maximum absolute atomic E-state index is 13.5. The van der Waals surface area contributed by atoms with E-state index in [4.69, 9.17) is 26.1 Å². The molecule has 230 valence electrons. The molecule has 2 aromatic rings. The highest BCUT2D eigenvalue weighted by atomic mass is 35.5. The molecule has 1 fully saturated rings. The van der Waals surface area contributed by atoms with Gasteiger partial charge in [-0.1, -0.05) is 17.7 Å². The minimum Gasteiger partial charge on any atom is -0.481 e. The summed E-state index contributed by atoms with van der Waals surface area (Å²) in [6.07, 6.45) is 6.36. The zero-order valence-electron chi connectivity index (χ0n) is 24.2. The van der Waals surface area contributed by atoms with Crippen molar-refractivity contribution in [2.75, 3.05) is 52.4 Å². The molecule has 0 aromatic carbocycles. The van der Waals surface area contributed by atoms with Crippen molar-refractivity contribution in [3.05, 3.63) is 40.4 Å². The number of methoxy groups -OCH3 is 2. The van der Waals surface area contributed by atoms with Crippen LogP contribution in [0.15, 0.2) is 18.5 Å². The van der Waals surface area contributed by atoms with Crippen LogP contribution in [0.25, 0.3) is 0 Å². The van der Waals surface area contributed by atoms with E-state index >= 15 is 0 Å². The number of halogens is 2. The van der Waals surface area contributed by atoms with E-state index in [9.17, 15) is 19.1 Å². The predicted molar refractivity (Wildman–Crippen MR) is 156 cm³/mol. The molecule has 3 heterocycles. The van der Waals surface area contributed by atoms with Crippen LogP contribution in [-0.2, 0) is 32.6 Å². The number of carboxylic acid groups (broad SMARTS) is 1. The number of carbonyl (C=O) groups excluding carboxylic acids is 1. The Hall–Kier alpha value is -3.09. The normalized spacial score (nSPS) is 16.7. The third-order valence-corrected chi connectivity index (χ3v) is 8.32. The summed E-state index contributed by atoms with van der Waals surface area (Å²) in [6.45, 7) is 1.56. The maximum Gasteiger partial charge on any atom is 0.326 e. The first kappa shape index (κ1) is 31.8. The molecule has 2 aromatic heterocycles. The number of alkyl halides is 1. The second-order valence-corrected chi connectivity index (χ2v) is 11.3. The molecule has 1 amide bonds. The Labute approximate surface area is 250 Å². The van der Waals surface area contributed by atoms with E-state index in [1.54, 1.807) is 0 Å². The molecule has 0 saturated heterocycles. The summed E-state index contributed by atoms with van der Waals surface area (Å²) in [5.41, 5.74) is 1.61. The number of aryl methyl sites for hydroxylation is 2. The van der Waals surface area contributed by atoms with Crippen LogP contribution in [0.2, 0.25) is 5.15 Å². The molecule has 4 rings (SSSR count). The Morgan fingerprint density at radius 3 is 2.74 bits per heavy atom. The molecule has 0 radical (unpaired) electrons. The van der Waals surface area contributed by atoms with E-state index in [-0.39, 0.29) is 17.5 Å². The van der Waals surface area contributed by atoms with E-state index in [0.29, 0.717) is 38.0 Å². The molecule has 1 aliphatic carbocycles. The van der Waals surface area contributed by atoms with Crippen LogP contribution in [0, 0.1) is 0 Å². The Bertz CT molecular complexity index is 1230. The number of aliphatic carboxylic acids is 1. The molecular weight excluding hydrogens is 567 g/mol. The Morgan fingerprint density at radius 2 is 2.05 bits per heavy atom. The second kappa shape index (κ2) is 14.9. The number of unbranched alkanes of at least 4 members (excludes halogenated alkanes) is 1. The fourth-order valence-electron chi connectivity index (χ4n) is 5.41. The highest BCUT2D eigenvalue weighted by molar-refractivity contribution is 6.30. The summed E-state index contributed by atoms with van der Waals surface area (Å²) in [5.74, 6) is -0.440. The summed E-state index contributed by atoms with van der Waals surface area (Å²) in [5, 5.41) is 16.1. The van der Waals surface area contributed by atoms with E-state index in [2.05, 4.69) is 32.7 Å². The van der Waals surface area contributed by atoms with Gasteiger partial charge in [-0.3, -0.25) is 4.79 Å². The molecule has 0 spiro atoms. The van der Waals surface area contributed by atoms with Crippen molar-refractivity contribution < 1.29 is 28.6 Å². The van der Waals surface area contributed by atoms with E-state index < -0.39 is 36.1 Å². The molecule has 42 heavy (non-hydrogen) atoms. The number of carbonyl (C=O) groups is 2. The molecule has 11 nitrogen and oxygen atoms in total. The number of rotatable bonds is 17. The van der Waals surface area contributed by atoms with E-state index in [1.807, 2.05) is 4.90 Å². The summed E-state index contributed by atoms with van der Waals surface area (Å²) >= 11 is 6.30. The molecule has 2 unspecified atom stereocenters. The van der Waals surface area contributed by atoms with Gasteiger partial charge in [0.15, 0.2) is 0 Å². The highest BCUT2D eigenvalue weighted by Crippen LogP contribution is 2.53. The van der Waals surface area contributed by atoms with Crippen LogP contribution in [-0.4, -0.2) is 96.1 Å². The number of nitrogens with zero attached hydrogens (tertiary/aromatic N) is 4. The monoisotopic (exact) mass is 606 g/mol. The molecule has 13 heteroatoms. The van der Waals surface area contributed by atoms with Gasteiger partial charge in [0, 0.05) is 32.4 Å². The lowest BCUT2D eigenvalue weighted by atomic mass is 9.96. The second-order valence-electron chi connectivity index (χ2n) is 10.9. The standard InChI is InChI=1S/C29H40ClFN6O5/c1-41-21(16-31)17-37(14-4-3-7-20-9-8-19-6-5-13-32-25(19)35-20)15-10-22(27(38)39)36-28(40)29(11-12-29)23-24(30)33-18-34-26(23)42-2/h8-9,18,21-22H,3-7,10-17H2,1-2H3,(H,32,35)(H,36,40)(H,38,39). The number of ether oxygens (including phenoxy) is 2. The van der Waals surface area contributed by atoms with E-state index in [0.717, 1.165) is 50.2 Å². The fourth-order valence-corrected chi connectivity index (χ4v) is 5.71. The quantitative estimate of drug-likeness (QED) is 0.182. The summed E-state index contributed by atoms with van der Waals surface area (Å²) in [4.78, 5) is 40.3. The van der Waals surface area contributed by atoms with Gasteiger partial charge in [-0.15, -0.1) is 0 Å². The first-order valence-electron chi connectivity index (χ1n) is 14.4. The summed E-state index contributed by atoms with van der Waals surface area (Å²) < 4.78 is 24.1. The highest BCUT2D eigenvalue weighted by Gasteiger charge is 2.55. The van der Waals surface area contributed by atoms with Gasteiger partial charge in [0.05, 0.1) is 24.2 Å². The third-order valence-electron chi connectivity index (χ3n) is 8.04. The number of amides is 1. The van der Waals surface area contributed by atoms with Crippen LogP contribution >= 0.6 is 11.6 Å². The number of fused-ring (bicyclic) bond motifs is 1. The lowest BCUT2D eigenvalue weighted by Gasteiger charge is -2.27. The van der Waals surface area contributed by atoms with Crippen LogP contribution < -0.4 is 15.4 Å². The van der Waals surface area contributed by atoms with Crippen molar-refractivity contribution in [3.63, 3.8) is 0 Å². The Kier molecular flexibility index (Phi) is 11.3. The van der Waals surface area contributed by atoms with E-state index in [1.165, 1.54) is 26.1 Å². The molecule has 1 saturated carbocycles. The van der Waals surface area contributed by atoms with Gasteiger partial charge in [-0.25, -0.2) is 24.1 Å². The number of nitrogens with one attached hydrogen (secondary N) is 2. The van der Waals surface area contributed by atoms with Crippen molar-refractivity contribution in [2.45, 2.75) is 68.9 Å². The number of carboxylic acids is 1. The predicted octanol–water partition coefficient (Wildman–Crippen LogP) is 3.19. The third kappa shape index (κ3) is 7.84. The number of hydrogen-bond donors (Lipinski definition) is 3. The van der Waals surface area contributed by atoms with Crippen LogP contribution in [0.5, 0.6) is 5.88 Å².